The summed E-state index contributed by atoms with van der Waals surface area (Å²) in [5, 5.41) is 0. The number of nitrogens with zero attached hydrogens (tertiary/aromatic N) is 2. The first-order chi connectivity index (χ1) is 8.61. The smallest absolute Gasteiger partial charge is 0.263 e. The third kappa shape index (κ3) is 1.30. The van der Waals surface area contributed by atoms with E-state index in [0.29, 0.717) is 17.7 Å². The SMILES string of the molecule is CN1C(=O)[C@H]2CCC(=O)N2C(=O)c2ccccc21. The van der Waals surface area contributed by atoms with Crippen molar-refractivity contribution < 1.29 is 14.4 Å². The molecule has 2 heterocycles. The molecule has 0 aliphatic carbocycles. The van der Waals surface area contributed by atoms with Gasteiger partial charge in [0, 0.05) is 13.5 Å². The monoisotopic (exact) mass is 244 g/mol. The van der Waals surface area contributed by atoms with E-state index in [-0.39, 0.29) is 24.1 Å². The van der Waals surface area contributed by atoms with Crippen LogP contribution in [0.15, 0.2) is 24.3 Å². The number of benzene rings is 1. The Morgan fingerprint density at radius 2 is 1.89 bits per heavy atom. The molecule has 1 fully saturated rings. The first-order valence-electron chi connectivity index (χ1n) is 5.84. The zero-order valence-corrected chi connectivity index (χ0v) is 9.92. The summed E-state index contributed by atoms with van der Waals surface area (Å²) in [6.07, 6.45) is 0.680. The number of carbonyl (C=O) groups is 3. The molecule has 1 aromatic carbocycles. The largest absolute Gasteiger partial charge is 0.313 e. The van der Waals surface area contributed by atoms with Gasteiger partial charge in [-0.15, -0.1) is 0 Å². The standard InChI is InChI=1S/C13H12N2O3/c1-14-9-5-3-2-4-8(9)12(17)15-10(13(14)18)6-7-11(15)16/h2-5,10H,6-7H2,1H3/t10-/m1/s1. The fraction of sp³-hybridized carbons (Fsp3) is 0.308. The van der Waals surface area contributed by atoms with E-state index in [0.717, 1.165) is 4.90 Å². The number of imide groups is 1. The van der Waals surface area contributed by atoms with Gasteiger partial charge < -0.3 is 4.90 Å². The Hall–Kier alpha value is -2.17. The van der Waals surface area contributed by atoms with Crippen LogP contribution < -0.4 is 4.90 Å². The van der Waals surface area contributed by atoms with Crippen molar-refractivity contribution >= 4 is 23.4 Å². The highest BCUT2D eigenvalue weighted by Gasteiger charge is 2.45. The van der Waals surface area contributed by atoms with Crippen LogP contribution in [0.1, 0.15) is 23.2 Å². The zero-order chi connectivity index (χ0) is 12.9. The number of para-hydroxylation sites is 1. The lowest BCUT2D eigenvalue weighted by atomic mass is 10.1. The molecule has 1 saturated heterocycles. The molecular weight excluding hydrogens is 232 g/mol. The van der Waals surface area contributed by atoms with Crippen molar-refractivity contribution in [3.63, 3.8) is 0 Å². The van der Waals surface area contributed by atoms with Crippen LogP contribution in [-0.2, 0) is 9.59 Å². The Kier molecular flexibility index (Phi) is 2.23. The molecule has 1 atom stereocenters. The summed E-state index contributed by atoms with van der Waals surface area (Å²) in [5.41, 5.74) is 0.973. The highest BCUT2D eigenvalue weighted by atomic mass is 16.2. The maximum absolute atomic E-state index is 12.3. The molecule has 2 aliphatic rings. The normalized spacial score (nSPS) is 22.9. The second-order valence-corrected chi connectivity index (χ2v) is 4.54. The van der Waals surface area contributed by atoms with Crippen LogP contribution in [0.5, 0.6) is 0 Å². The van der Waals surface area contributed by atoms with Gasteiger partial charge in [-0.3, -0.25) is 19.3 Å². The maximum Gasteiger partial charge on any atom is 0.263 e. The van der Waals surface area contributed by atoms with E-state index in [1.165, 1.54) is 4.90 Å². The quantitative estimate of drug-likeness (QED) is 0.634. The molecule has 0 N–H and O–H groups in total. The van der Waals surface area contributed by atoms with Gasteiger partial charge in [0.2, 0.25) is 11.8 Å². The van der Waals surface area contributed by atoms with Crippen molar-refractivity contribution in [3.05, 3.63) is 29.8 Å². The average Bonchev–Trinajstić information content (AvgIpc) is 2.74. The number of hydrogen-bond donors (Lipinski definition) is 0. The fourth-order valence-corrected chi connectivity index (χ4v) is 2.59. The summed E-state index contributed by atoms with van der Waals surface area (Å²) in [6.45, 7) is 0. The first kappa shape index (κ1) is 11.0. The summed E-state index contributed by atoms with van der Waals surface area (Å²) >= 11 is 0. The molecular formula is C13H12N2O3. The lowest BCUT2D eigenvalue weighted by Gasteiger charge is -2.21. The van der Waals surface area contributed by atoms with Gasteiger partial charge in [0.15, 0.2) is 0 Å². The Morgan fingerprint density at radius 1 is 1.17 bits per heavy atom. The Labute approximate surface area is 104 Å². The molecule has 2 aliphatic heterocycles. The Balaban J connectivity index is 2.20. The minimum Gasteiger partial charge on any atom is -0.313 e. The van der Waals surface area contributed by atoms with E-state index in [1.807, 2.05) is 0 Å². The molecule has 3 rings (SSSR count). The molecule has 18 heavy (non-hydrogen) atoms. The number of anilines is 1. The lowest BCUT2D eigenvalue weighted by molar-refractivity contribution is -0.131. The summed E-state index contributed by atoms with van der Waals surface area (Å²) in [4.78, 5) is 39.0. The predicted octanol–water partition coefficient (Wildman–Crippen LogP) is 0.794. The second kappa shape index (κ2) is 3.66. The van der Waals surface area contributed by atoms with Crippen LogP contribution in [0.25, 0.3) is 0 Å². The van der Waals surface area contributed by atoms with Crippen molar-refractivity contribution in [2.45, 2.75) is 18.9 Å². The van der Waals surface area contributed by atoms with E-state index in [1.54, 1.807) is 31.3 Å². The summed E-state index contributed by atoms with van der Waals surface area (Å²) in [7, 11) is 1.64. The second-order valence-electron chi connectivity index (χ2n) is 4.54. The van der Waals surface area contributed by atoms with Gasteiger partial charge in [-0.1, -0.05) is 12.1 Å². The molecule has 5 nitrogen and oxygen atoms in total. The molecule has 0 saturated carbocycles. The van der Waals surface area contributed by atoms with E-state index >= 15 is 0 Å². The van der Waals surface area contributed by atoms with Gasteiger partial charge in [0.25, 0.3) is 5.91 Å². The van der Waals surface area contributed by atoms with Gasteiger partial charge in [-0.2, -0.15) is 0 Å². The summed E-state index contributed by atoms with van der Waals surface area (Å²) in [6, 6.07) is 6.24. The molecule has 3 amide bonds. The molecule has 1 aromatic rings. The number of hydrogen-bond acceptors (Lipinski definition) is 3. The molecule has 0 unspecified atom stereocenters. The summed E-state index contributed by atoms with van der Waals surface area (Å²) < 4.78 is 0. The van der Waals surface area contributed by atoms with Gasteiger partial charge in [0.05, 0.1) is 11.3 Å². The van der Waals surface area contributed by atoms with Crippen LogP contribution in [0.2, 0.25) is 0 Å². The molecule has 0 spiro atoms. The van der Waals surface area contributed by atoms with Crippen LogP contribution >= 0.6 is 0 Å². The molecule has 0 aromatic heterocycles. The van der Waals surface area contributed by atoms with Gasteiger partial charge >= 0.3 is 0 Å². The molecule has 0 radical (unpaired) electrons. The number of likely N-dealkylation sites (N-methyl/N-ethyl adjacent to an activating group) is 1. The van der Waals surface area contributed by atoms with Crippen LogP contribution in [-0.4, -0.2) is 35.7 Å². The highest BCUT2D eigenvalue weighted by Crippen LogP contribution is 2.31. The van der Waals surface area contributed by atoms with E-state index < -0.39 is 6.04 Å². The Bertz CT molecular complexity index is 567. The Morgan fingerprint density at radius 3 is 2.67 bits per heavy atom. The van der Waals surface area contributed by atoms with Crippen molar-refractivity contribution in [1.29, 1.82) is 0 Å². The third-order valence-electron chi connectivity index (χ3n) is 3.54. The lowest BCUT2D eigenvalue weighted by Crippen LogP contribution is -2.45. The van der Waals surface area contributed by atoms with Gasteiger partial charge in [0.1, 0.15) is 6.04 Å². The maximum atomic E-state index is 12.3. The highest BCUT2D eigenvalue weighted by molar-refractivity contribution is 6.17. The first-order valence-corrected chi connectivity index (χ1v) is 5.84. The van der Waals surface area contributed by atoms with Crippen molar-refractivity contribution in [2.75, 3.05) is 11.9 Å². The van der Waals surface area contributed by atoms with E-state index in [2.05, 4.69) is 0 Å². The minimum atomic E-state index is -0.637. The van der Waals surface area contributed by atoms with Crippen LogP contribution in [0, 0.1) is 0 Å². The van der Waals surface area contributed by atoms with Crippen LogP contribution in [0.3, 0.4) is 0 Å². The minimum absolute atomic E-state index is 0.195. The van der Waals surface area contributed by atoms with Gasteiger partial charge in [-0.25, -0.2) is 0 Å². The number of carbonyl (C=O) groups excluding carboxylic acids is 3. The van der Waals surface area contributed by atoms with Crippen molar-refractivity contribution in [2.24, 2.45) is 0 Å². The average molecular weight is 244 g/mol. The molecule has 0 bridgehead atoms. The summed E-state index contributed by atoms with van der Waals surface area (Å²) in [5.74, 6) is -0.821. The zero-order valence-electron chi connectivity index (χ0n) is 9.92. The number of fused-ring (bicyclic) bond motifs is 2. The van der Waals surface area contributed by atoms with Gasteiger partial charge in [-0.05, 0) is 18.6 Å². The topological polar surface area (TPSA) is 57.7 Å². The number of amides is 3. The predicted molar refractivity (Wildman–Crippen MR) is 64.1 cm³/mol. The fourth-order valence-electron chi connectivity index (χ4n) is 2.59. The number of rotatable bonds is 0. The van der Waals surface area contributed by atoms with Crippen molar-refractivity contribution in [1.82, 2.24) is 4.90 Å². The third-order valence-corrected chi connectivity index (χ3v) is 3.54. The molecule has 92 valence electrons. The van der Waals surface area contributed by atoms with E-state index in [4.69, 9.17) is 0 Å². The molecule has 5 heteroatoms. The van der Waals surface area contributed by atoms with Crippen LogP contribution in [0.4, 0.5) is 5.69 Å². The van der Waals surface area contributed by atoms with Crippen molar-refractivity contribution in [3.8, 4) is 0 Å². The van der Waals surface area contributed by atoms with E-state index in [9.17, 15) is 14.4 Å².